The van der Waals surface area contributed by atoms with Crippen molar-refractivity contribution < 1.29 is 9.53 Å². The summed E-state index contributed by atoms with van der Waals surface area (Å²) in [6, 6.07) is 24.8. The number of nitrogens with one attached hydrogen (secondary N) is 2. The molecule has 4 aromatic rings. The molecule has 0 bridgehead atoms. The van der Waals surface area contributed by atoms with Gasteiger partial charge in [-0.05, 0) is 62.2 Å². The number of ether oxygens (including phenoxy) is 1. The fourth-order valence-corrected chi connectivity index (χ4v) is 3.81. The highest BCUT2D eigenvalue weighted by Gasteiger charge is 2.17. The van der Waals surface area contributed by atoms with Gasteiger partial charge in [0.05, 0.1) is 13.2 Å². The van der Waals surface area contributed by atoms with Crippen LogP contribution in [0.3, 0.4) is 0 Å². The number of H-pyrrole nitrogens is 1. The normalized spacial score (nSPS) is 10.8. The molecule has 0 saturated carbocycles. The second-order valence-corrected chi connectivity index (χ2v) is 8.26. The molecule has 0 aliphatic carbocycles. The van der Waals surface area contributed by atoms with Crippen molar-refractivity contribution in [3.63, 3.8) is 0 Å². The molecule has 0 aliphatic rings. The van der Waals surface area contributed by atoms with Crippen molar-refractivity contribution in [3.05, 3.63) is 106 Å². The van der Waals surface area contributed by atoms with Crippen LogP contribution in [0.4, 0.5) is 10.5 Å². The summed E-state index contributed by atoms with van der Waals surface area (Å²) in [7, 11) is 0. The van der Waals surface area contributed by atoms with E-state index in [1.165, 1.54) is 0 Å². The predicted molar refractivity (Wildman–Crippen MR) is 136 cm³/mol. The zero-order chi connectivity index (χ0) is 23.9. The molecule has 6 heteroatoms. The smallest absolute Gasteiger partial charge is 0.322 e. The fraction of sp³-hybridized carbons (Fsp3) is 0.214. The van der Waals surface area contributed by atoms with E-state index in [1.54, 1.807) is 4.90 Å². The quantitative estimate of drug-likeness (QED) is 0.368. The number of hydrogen-bond acceptors (Lipinski definition) is 3. The standard InChI is InChI=1S/C28H29N3O3/c1-3-34-25-13-14-26-22(18-25)17-23(27(32)30-26)19-31(16-15-21-7-5-4-6-8-21)28(33)29-24-11-9-20(2)10-12-24/h4-14,17-18H,3,15-16,19H2,1-2H3,(H,29,33)(H,30,32). The van der Waals surface area contributed by atoms with Gasteiger partial charge in [-0.3, -0.25) is 4.79 Å². The van der Waals surface area contributed by atoms with Crippen molar-refractivity contribution in [1.29, 1.82) is 0 Å². The minimum absolute atomic E-state index is 0.189. The highest BCUT2D eigenvalue weighted by molar-refractivity contribution is 5.89. The molecule has 0 radical (unpaired) electrons. The number of carbonyl (C=O) groups excluding carboxylic acids is 1. The molecule has 0 unspecified atom stereocenters. The lowest BCUT2D eigenvalue weighted by atomic mass is 10.1. The third-order valence-corrected chi connectivity index (χ3v) is 5.67. The fourth-order valence-electron chi connectivity index (χ4n) is 3.81. The predicted octanol–water partition coefficient (Wildman–Crippen LogP) is 5.51. The van der Waals surface area contributed by atoms with E-state index >= 15 is 0 Å². The van der Waals surface area contributed by atoms with Crippen molar-refractivity contribution in [2.24, 2.45) is 0 Å². The second-order valence-electron chi connectivity index (χ2n) is 8.26. The van der Waals surface area contributed by atoms with Gasteiger partial charge < -0.3 is 19.9 Å². The summed E-state index contributed by atoms with van der Waals surface area (Å²) >= 11 is 0. The number of carbonyl (C=O) groups is 1. The van der Waals surface area contributed by atoms with Gasteiger partial charge >= 0.3 is 6.03 Å². The van der Waals surface area contributed by atoms with Gasteiger partial charge in [0.25, 0.3) is 5.56 Å². The zero-order valence-electron chi connectivity index (χ0n) is 19.5. The molecule has 0 saturated heterocycles. The third kappa shape index (κ3) is 5.84. The lowest BCUT2D eigenvalue weighted by Gasteiger charge is -2.23. The van der Waals surface area contributed by atoms with Gasteiger partial charge in [-0.25, -0.2) is 4.79 Å². The first-order chi connectivity index (χ1) is 16.5. The van der Waals surface area contributed by atoms with Crippen LogP contribution in [-0.2, 0) is 13.0 Å². The molecule has 34 heavy (non-hydrogen) atoms. The van der Waals surface area contributed by atoms with Gasteiger partial charge in [0.15, 0.2) is 0 Å². The number of hydrogen-bond donors (Lipinski definition) is 2. The number of anilines is 1. The van der Waals surface area contributed by atoms with E-state index < -0.39 is 0 Å². The summed E-state index contributed by atoms with van der Waals surface area (Å²) in [5, 5.41) is 3.83. The number of aromatic nitrogens is 1. The summed E-state index contributed by atoms with van der Waals surface area (Å²) in [5.74, 6) is 0.742. The Labute approximate surface area is 199 Å². The summed E-state index contributed by atoms with van der Waals surface area (Å²) in [4.78, 5) is 30.7. The minimum atomic E-state index is -0.248. The highest BCUT2D eigenvalue weighted by atomic mass is 16.5. The van der Waals surface area contributed by atoms with Crippen LogP contribution in [0, 0.1) is 6.92 Å². The topological polar surface area (TPSA) is 74.4 Å². The van der Waals surface area contributed by atoms with Crippen LogP contribution in [-0.4, -0.2) is 29.1 Å². The van der Waals surface area contributed by atoms with E-state index in [4.69, 9.17) is 4.74 Å². The lowest BCUT2D eigenvalue weighted by Crippen LogP contribution is -2.37. The van der Waals surface area contributed by atoms with Gasteiger partial charge in [-0.2, -0.15) is 0 Å². The molecule has 3 aromatic carbocycles. The Hall–Kier alpha value is -4.06. The Bertz CT molecular complexity index is 1310. The van der Waals surface area contributed by atoms with E-state index in [-0.39, 0.29) is 18.1 Å². The maximum atomic E-state index is 13.2. The van der Waals surface area contributed by atoms with E-state index in [1.807, 2.05) is 92.7 Å². The number of rotatable bonds is 8. The SMILES string of the molecule is CCOc1ccc2[nH]c(=O)c(CN(CCc3ccccc3)C(=O)Nc3ccc(C)cc3)cc2c1. The van der Waals surface area contributed by atoms with Crippen molar-refractivity contribution in [3.8, 4) is 5.75 Å². The summed E-state index contributed by atoms with van der Waals surface area (Å²) < 4.78 is 5.60. The number of aryl methyl sites for hydroxylation is 1. The molecule has 2 amide bonds. The maximum Gasteiger partial charge on any atom is 0.322 e. The number of aromatic amines is 1. The Morgan fingerprint density at radius 3 is 2.50 bits per heavy atom. The van der Waals surface area contributed by atoms with Crippen molar-refractivity contribution in [2.75, 3.05) is 18.5 Å². The van der Waals surface area contributed by atoms with Crippen LogP contribution in [0.25, 0.3) is 10.9 Å². The summed E-state index contributed by atoms with van der Waals surface area (Å²) in [6.45, 7) is 5.15. The van der Waals surface area contributed by atoms with Crippen LogP contribution < -0.4 is 15.6 Å². The van der Waals surface area contributed by atoms with Gasteiger partial charge in [0.1, 0.15) is 5.75 Å². The van der Waals surface area contributed by atoms with Gasteiger partial charge in [-0.15, -0.1) is 0 Å². The summed E-state index contributed by atoms with van der Waals surface area (Å²) in [5.41, 5.74) is 4.02. The van der Waals surface area contributed by atoms with Crippen molar-refractivity contribution in [2.45, 2.75) is 26.8 Å². The lowest BCUT2D eigenvalue weighted by molar-refractivity contribution is 0.209. The number of fused-ring (bicyclic) bond motifs is 1. The van der Waals surface area contributed by atoms with E-state index in [0.29, 0.717) is 30.8 Å². The highest BCUT2D eigenvalue weighted by Crippen LogP contribution is 2.20. The molecule has 6 nitrogen and oxygen atoms in total. The third-order valence-electron chi connectivity index (χ3n) is 5.67. The molecule has 0 spiro atoms. The largest absolute Gasteiger partial charge is 0.494 e. The molecule has 0 fully saturated rings. The molecular formula is C28H29N3O3. The van der Waals surface area contributed by atoms with Crippen molar-refractivity contribution in [1.82, 2.24) is 9.88 Å². The molecule has 4 rings (SSSR count). The first-order valence-electron chi connectivity index (χ1n) is 11.5. The first kappa shape index (κ1) is 23.1. The van der Waals surface area contributed by atoms with Crippen LogP contribution in [0.1, 0.15) is 23.6 Å². The first-order valence-corrected chi connectivity index (χ1v) is 11.5. The van der Waals surface area contributed by atoms with E-state index in [9.17, 15) is 9.59 Å². The molecule has 0 atom stereocenters. The Morgan fingerprint density at radius 1 is 1.00 bits per heavy atom. The van der Waals surface area contributed by atoms with Gasteiger partial charge in [-0.1, -0.05) is 48.0 Å². The average molecular weight is 456 g/mol. The second kappa shape index (κ2) is 10.7. The van der Waals surface area contributed by atoms with Crippen LogP contribution in [0.2, 0.25) is 0 Å². The van der Waals surface area contributed by atoms with E-state index in [2.05, 4.69) is 10.3 Å². The Morgan fingerprint density at radius 2 is 1.76 bits per heavy atom. The minimum Gasteiger partial charge on any atom is -0.494 e. The molecule has 1 heterocycles. The van der Waals surface area contributed by atoms with Crippen molar-refractivity contribution >= 4 is 22.6 Å². The molecule has 1 aromatic heterocycles. The number of amides is 2. The van der Waals surface area contributed by atoms with Gasteiger partial charge in [0.2, 0.25) is 0 Å². The number of urea groups is 1. The van der Waals surface area contributed by atoms with Crippen LogP contribution in [0.15, 0.2) is 83.7 Å². The monoisotopic (exact) mass is 455 g/mol. The van der Waals surface area contributed by atoms with Crippen LogP contribution in [0.5, 0.6) is 5.75 Å². The molecule has 174 valence electrons. The number of nitrogens with zero attached hydrogens (tertiary/aromatic N) is 1. The van der Waals surface area contributed by atoms with E-state index in [0.717, 1.165) is 27.8 Å². The average Bonchev–Trinajstić information content (AvgIpc) is 2.84. The van der Waals surface area contributed by atoms with Crippen LogP contribution >= 0.6 is 0 Å². The Balaban J connectivity index is 1.60. The maximum absolute atomic E-state index is 13.2. The number of benzene rings is 3. The number of pyridine rings is 1. The Kier molecular flexibility index (Phi) is 7.28. The zero-order valence-corrected chi connectivity index (χ0v) is 19.5. The molecule has 0 aliphatic heterocycles. The molecular weight excluding hydrogens is 426 g/mol. The summed E-state index contributed by atoms with van der Waals surface area (Å²) in [6.07, 6.45) is 0.683. The van der Waals surface area contributed by atoms with Gasteiger partial charge in [0, 0.05) is 28.7 Å². The molecule has 2 N–H and O–H groups in total.